The monoisotopic (exact) mass is 558 g/mol. The van der Waals surface area contributed by atoms with Crippen LogP contribution in [0.25, 0.3) is 16.7 Å². The molecule has 0 aliphatic carbocycles. The first-order valence-electron chi connectivity index (χ1n) is 13.8. The predicted octanol–water partition coefficient (Wildman–Crippen LogP) is 9.07. The first-order chi connectivity index (χ1) is 19.8. The summed E-state index contributed by atoms with van der Waals surface area (Å²) in [4.78, 5) is 8.00. The zero-order valence-corrected chi connectivity index (χ0v) is 26.4. The molecule has 41 heavy (non-hydrogen) atoms. The van der Waals surface area contributed by atoms with Gasteiger partial charge < -0.3 is 19.0 Å². The summed E-state index contributed by atoms with van der Waals surface area (Å²) >= 11 is 0. The highest BCUT2D eigenvalue weighted by atomic mass is 16.5. The molecule has 0 fully saturated rings. The summed E-state index contributed by atoms with van der Waals surface area (Å²) in [6, 6.07) is 25.6. The molecule has 0 aliphatic rings. The smallest absolute Gasteiger partial charge is 0.126 e. The summed E-state index contributed by atoms with van der Waals surface area (Å²) in [5, 5.41) is 0. The molecule has 0 aromatic heterocycles. The molecule has 0 bridgehead atoms. The van der Waals surface area contributed by atoms with Crippen LogP contribution in [0.4, 0.5) is 0 Å². The molecule has 222 valence electrons. The molecule has 0 amide bonds. The number of hydrogen-bond acceptors (Lipinski definition) is 4. The molecular weight excluding hydrogens is 508 g/mol. The number of hydrogen-bond donors (Lipinski definition) is 0. The maximum absolute atomic E-state index is 8.00. The average molecular weight is 559 g/mol. The van der Waals surface area contributed by atoms with Gasteiger partial charge in [0.25, 0.3) is 0 Å². The molecule has 0 heterocycles. The second kappa shape index (κ2) is 23.0. The Morgan fingerprint density at radius 2 is 1.29 bits per heavy atom. The van der Waals surface area contributed by atoms with Gasteiger partial charge in [0.05, 0.1) is 20.3 Å². The molecular formula is C37H50O4. The van der Waals surface area contributed by atoms with Gasteiger partial charge in [-0.2, -0.15) is 0 Å². The Kier molecular flexibility index (Phi) is 20.9. The predicted molar refractivity (Wildman–Crippen MR) is 176 cm³/mol. The molecule has 0 unspecified atom stereocenters. The lowest BCUT2D eigenvalue weighted by Crippen LogP contribution is -1.97. The van der Waals surface area contributed by atoms with Gasteiger partial charge in [0.1, 0.15) is 12.5 Å². The molecule has 0 N–H and O–H groups in total. The fourth-order valence-electron chi connectivity index (χ4n) is 4.08. The van der Waals surface area contributed by atoms with Crippen molar-refractivity contribution in [3.63, 3.8) is 0 Å². The minimum absolute atomic E-state index is 0.691. The van der Waals surface area contributed by atoms with Crippen molar-refractivity contribution in [1.29, 1.82) is 0 Å². The molecule has 0 radical (unpaired) electrons. The van der Waals surface area contributed by atoms with Crippen molar-refractivity contribution in [3.05, 3.63) is 126 Å². The van der Waals surface area contributed by atoms with E-state index in [1.165, 1.54) is 27.8 Å². The highest BCUT2D eigenvalue weighted by molar-refractivity contribution is 5.78. The topological polar surface area (TPSA) is 44.8 Å². The van der Waals surface area contributed by atoms with Gasteiger partial charge in [-0.15, -0.1) is 0 Å². The lowest BCUT2D eigenvalue weighted by molar-refractivity contribution is -0.0980. The SMILES string of the molecule is C=C/C(=C(\C=C/C)OC)c1ccccc1C.C=O.COCCOC.Cc1ccccc1-c1ccccc1CC(C)C. The molecule has 3 aromatic carbocycles. The van der Waals surface area contributed by atoms with Crippen molar-refractivity contribution in [2.75, 3.05) is 34.5 Å². The molecule has 3 aromatic rings. The van der Waals surface area contributed by atoms with Crippen molar-refractivity contribution >= 4 is 12.4 Å². The largest absolute Gasteiger partial charge is 0.496 e. The van der Waals surface area contributed by atoms with Crippen LogP contribution in [0.15, 0.2) is 103 Å². The Balaban J connectivity index is 0.000000623. The lowest BCUT2D eigenvalue weighted by atomic mass is 9.92. The van der Waals surface area contributed by atoms with Gasteiger partial charge in [0.2, 0.25) is 0 Å². The number of ether oxygens (including phenoxy) is 3. The molecule has 3 rings (SSSR count). The number of aryl methyl sites for hydroxylation is 2. The van der Waals surface area contributed by atoms with Crippen LogP contribution >= 0.6 is 0 Å². The lowest BCUT2D eigenvalue weighted by Gasteiger charge is -2.13. The van der Waals surface area contributed by atoms with E-state index >= 15 is 0 Å². The summed E-state index contributed by atoms with van der Waals surface area (Å²) in [5.41, 5.74) is 8.96. The highest BCUT2D eigenvalue weighted by Crippen LogP contribution is 2.28. The van der Waals surface area contributed by atoms with Crippen molar-refractivity contribution in [2.45, 2.75) is 41.0 Å². The Bertz CT molecular complexity index is 1190. The van der Waals surface area contributed by atoms with E-state index in [1.54, 1.807) is 21.3 Å². The number of carbonyl (C=O) groups is 1. The molecule has 0 atom stereocenters. The third-order valence-corrected chi connectivity index (χ3v) is 6.02. The molecule has 0 saturated heterocycles. The number of methoxy groups -OCH3 is 3. The summed E-state index contributed by atoms with van der Waals surface area (Å²) in [5.74, 6) is 1.53. The van der Waals surface area contributed by atoms with E-state index in [2.05, 4.69) is 104 Å². The van der Waals surface area contributed by atoms with Crippen molar-refractivity contribution < 1.29 is 19.0 Å². The molecule has 0 saturated carbocycles. The number of benzene rings is 3. The first-order valence-corrected chi connectivity index (χ1v) is 13.8. The standard InChI is InChI=1S/C17H20.C15H18O.C4H10O2.CH2O/c1-13(2)12-15-9-5-7-11-17(15)16-10-6-4-8-14(16)3;1-5-9-15(16-4)13(6-2)14-11-8-7-10-12(14)3;1-5-3-4-6-2;1-2/h4-11,13H,12H2,1-3H3;5-11H,2H2,1,3-4H3;3-4H2,1-2H3;1H2/b;9-5-,15-13-;;. The Labute approximate surface area is 249 Å². The Hall–Kier alpha value is -3.73. The van der Waals surface area contributed by atoms with Crippen molar-refractivity contribution in [1.82, 2.24) is 0 Å². The minimum atomic E-state index is 0.691. The van der Waals surface area contributed by atoms with Gasteiger partial charge >= 0.3 is 0 Å². The highest BCUT2D eigenvalue weighted by Gasteiger charge is 2.08. The maximum Gasteiger partial charge on any atom is 0.126 e. The van der Waals surface area contributed by atoms with E-state index in [4.69, 9.17) is 9.53 Å². The first kappa shape index (κ1) is 37.3. The quantitative estimate of drug-likeness (QED) is 0.141. The van der Waals surface area contributed by atoms with Crippen LogP contribution in [-0.2, 0) is 25.4 Å². The second-order valence-corrected chi connectivity index (χ2v) is 9.56. The van der Waals surface area contributed by atoms with Crippen LogP contribution < -0.4 is 0 Å². The van der Waals surface area contributed by atoms with E-state index in [0.29, 0.717) is 19.1 Å². The van der Waals surface area contributed by atoms with Crippen molar-refractivity contribution in [2.24, 2.45) is 5.92 Å². The summed E-state index contributed by atoms with van der Waals surface area (Å²) in [7, 11) is 4.98. The van der Waals surface area contributed by atoms with Crippen LogP contribution in [0, 0.1) is 19.8 Å². The minimum Gasteiger partial charge on any atom is -0.496 e. The van der Waals surface area contributed by atoms with Gasteiger partial charge in [0.15, 0.2) is 0 Å². The molecule has 4 nitrogen and oxygen atoms in total. The maximum atomic E-state index is 8.00. The summed E-state index contributed by atoms with van der Waals surface area (Å²) in [6.07, 6.45) is 6.88. The molecule has 0 spiro atoms. The van der Waals surface area contributed by atoms with Crippen LogP contribution in [0.5, 0.6) is 0 Å². The van der Waals surface area contributed by atoms with Crippen LogP contribution in [0.1, 0.15) is 43.0 Å². The molecule has 4 heteroatoms. The Morgan fingerprint density at radius 1 is 0.780 bits per heavy atom. The van der Waals surface area contributed by atoms with Crippen LogP contribution in [0.3, 0.4) is 0 Å². The van der Waals surface area contributed by atoms with E-state index < -0.39 is 0 Å². The van der Waals surface area contributed by atoms with Gasteiger partial charge in [-0.05, 0) is 72.6 Å². The third kappa shape index (κ3) is 13.9. The van der Waals surface area contributed by atoms with E-state index in [0.717, 1.165) is 23.3 Å². The second-order valence-electron chi connectivity index (χ2n) is 9.56. The van der Waals surface area contributed by atoms with Gasteiger partial charge in [-0.25, -0.2) is 0 Å². The fraction of sp³-hybridized carbons (Fsp3) is 0.324. The van der Waals surface area contributed by atoms with E-state index in [1.807, 2.05) is 44.1 Å². The summed E-state index contributed by atoms with van der Waals surface area (Å²) < 4.78 is 14.7. The summed E-state index contributed by atoms with van der Waals surface area (Å²) in [6.45, 7) is 18.0. The Morgan fingerprint density at radius 3 is 1.76 bits per heavy atom. The van der Waals surface area contributed by atoms with Crippen molar-refractivity contribution in [3.8, 4) is 11.1 Å². The van der Waals surface area contributed by atoms with Gasteiger partial charge in [0, 0.05) is 19.8 Å². The van der Waals surface area contributed by atoms with E-state index in [-0.39, 0.29) is 0 Å². The zero-order chi connectivity index (χ0) is 31.0. The van der Waals surface area contributed by atoms with Crippen LogP contribution in [0.2, 0.25) is 0 Å². The van der Waals surface area contributed by atoms with Gasteiger partial charge in [-0.3, -0.25) is 0 Å². The van der Waals surface area contributed by atoms with E-state index in [9.17, 15) is 0 Å². The van der Waals surface area contributed by atoms with Gasteiger partial charge in [-0.1, -0.05) is 105 Å². The number of rotatable bonds is 10. The average Bonchev–Trinajstić information content (AvgIpc) is 2.99. The fourth-order valence-corrected chi connectivity index (χ4v) is 4.08. The number of carbonyl (C=O) groups excluding carboxylic acids is 1. The third-order valence-electron chi connectivity index (χ3n) is 6.02. The van der Waals surface area contributed by atoms with Crippen LogP contribution in [-0.4, -0.2) is 41.3 Å². The normalized spacial score (nSPS) is 10.8. The number of allylic oxidation sites excluding steroid dienone is 4. The zero-order valence-electron chi connectivity index (χ0n) is 26.4. The molecule has 0 aliphatic heterocycles.